The van der Waals surface area contributed by atoms with Gasteiger partial charge in [-0.3, -0.25) is 4.79 Å². The third-order valence-corrected chi connectivity index (χ3v) is 4.29. The Balaban J connectivity index is 2.06. The second kappa shape index (κ2) is 6.57. The molecule has 3 nitrogen and oxygen atoms in total. The van der Waals surface area contributed by atoms with Crippen molar-refractivity contribution in [1.29, 1.82) is 0 Å². The lowest BCUT2D eigenvalue weighted by molar-refractivity contribution is 0.0940. The van der Waals surface area contributed by atoms with Gasteiger partial charge in [0.05, 0.1) is 18.7 Å². The van der Waals surface area contributed by atoms with E-state index in [1.165, 1.54) is 4.88 Å². The highest BCUT2D eigenvalue weighted by atomic mass is 32.1. The first-order valence-corrected chi connectivity index (χ1v) is 7.54. The maximum absolute atomic E-state index is 12.2. The summed E-state index contributed by atoms with van der Waals surface area (Å²) in [7, 11) is 1.64. The Labute approximate surface area is 123 Å². The number of carbonyl (C=O) groups is 1. The van der Waals surface area contributed by atoms with Crippen molar-refractivity contribution in [3.05, 3.63) is 51.7 Å². The molecule has 0 aliphatic heterocycles. The van der Waals surface area contributed by atoms with Crippen molar-refractivity contribution < 1.29 is 9.53 Å². The van der Waals surface area contributed by atoms with E-state index in [0.717, 1.165) is 23.3 Å². The molecule has 0 spiro atoms. The third kappa shape index (κ3) is 3.39. The number of ether oxygens (including phenoxy) is 1. The number of nitrogens with one attached hydrogen (secondary N) is 1. The highest BCUT2D eigenvalue weighted by molar-refractivity contribution is 7.10. The number of amides is 1. The topological polar surface area (TPSA) is 38.3 Å². The lowest BCUT2D eigenvalue weighted by atomic mass is 10.1. The minimum absolute atomic E-state index is 0.0312. The van der Waals surface area contributed by atoms with Crippen LogP contribution in [0.15, 0.2) is 35.7 Å². The molecular formula is C16H19NO2S. The number of hydrogen-bond acceptors (Lipinski definition) is 3. The molecule has 4 heteroatoms. The van der Waals surface area contributed by atoms with Gasteiger partial charge >= 0.3 is 0 Å². The van der Waals surface area contributed by atoms with E-state index in [1.807, 2.05) is 42.6 Å². The monoisotopic (exact) mass is 289 g/mol. The van der Waals surface area contributed by atoms with Crippen molar-refractivity contribution in [2.75, 3.05) is 7.11 Å². The van der Waals surface area contributed by atoms with E-state index < -0.39 is 0 Å². The summed E-state index contributed by atoms with van der Waals surface area (Å²) in [6.07, 6.45) is 0.962. The minimum atomic E-state index is -0.0532. The molecule has 1 heterocycles. The standard InChI is InChI=1S/C16H19NO2S/c1-4-15-9-13(10-20-15)16(18)17-11(2)12-6-5-7-14(8-12)19-3/h5-11H,4H2,1-3H3,(H,17,18)/t11-/m1/s1. The second-order valence-electron chi connectivity index (χ2n) is 4.63. The predicted molar refractivity (Wildman–Crippen MR) is 82.6 cm³/mol. The Kier molecular flexibility index (Phi) is 4.79. The van der Waals surface area contributed by atoms with Crippen molar-refractivity contribution in [1.82, 2.24) is 5.32 Å². The summed E-state index contributed by atoms with van der Waals surface area (Å²) in [5.41, 5.74) is 1.77. The van der Waals surface area contributed by atoms with Gasteiger partial charge in [0.2, 0.25) is 0 Å². The van der Waals surface area contributed by atoms with Crippen LogP contribution in [0.5, 0.6) is 5.75 Å². The van der Waals surface area contributed by atoms with E-state index in [2.05, 4.69) is 12.2 Å². The van der Waals surface area contributed by atoms with E-state index in [1.54, 1.807) is 18.4 Å². The van der Waals surface area contributed by atoms with Crippen molar-refractivity contribution in [3.8, 4) is 5.75 Å². The largest absolute Gasteiger partial charge is 0.497 e. The van der Waals surface area contributed by atoms with Crippen LogP contribution in [-0.2, 0) is 6.42 Å². The molecule has 2 rings (SSSR count). The third-order valence-electron chi connectivity index (χ3n) is 3.21. The summed E-state index contributed by atoms with van der Waals surface area (Å²) in [6.45, 7) is 4.06. The van der Waals surface area contributed by atoms with Gasteiger partial charge in [-0.2, -0.15) is 0 Å². The van der Waals surface area contributed by atoms with Crippen LogP contribution in [-0.4, -0.2) is 13.0 Å². The fourth-order valence-electron chi connectivity index (χ4n) is 1.96. The molecule has 0 radical (unpaired) electrons. The zero-order valence-corrected chi connectivity index (χ0v) is 12.8. The summed E-state index contributed by atoms with van der Waals surface area (Å²) in [6, 6.07) is 9.65. The molecule has 1 N–H and O–H groups in total. The number of aryl methyl sites for hydroxylation is 1. The molecule has 0 fully saturated rings. The smallest absolute Gasteiger partial charge is 0.252 e. The van der Waals surface area contributed by atoms with Gasteiger partial charge in [-0.25, -0.2) is 0 Å². The van der Waals surface area contributed by atoms with Crippen LogP contribution < -0.4 is 10.1 Å². The maximum Gasteiger partial charge on any atom is 0.252 e. The Morgan fingerprint density at radius 3 is 2.85 bits per heavy atom. The molecule has 0 saturated carbocycles. The number of rotatable bonds is 5. The second-order valence-corrected chi connectivity index (χ2v) is 5.62. The molecule has 0 aliphatic rings. The van der Waals surface area contributed by atoms with Crippen molar-refractivity contribution in [2.24, 2.45) is 0 Å². The quantitative estimate of drug-likeness (QED) is 0.909. The van der Waals surface area contributed by atoms with Crippen LogP contribution in [0.1, 0.15) is 40.7 Å². The molecular weight excluding hydrogens is 270 g/mol. The van der Waals surface area contributed by atoms with Gasteiger partial charge in [0, 0.05) is 10.3 Å². The molecule has 20 heavy (non-hydrogen) atoms. The number of methoxy groups -OCH3 is 1. The van der Waals surface area contributed by atoms with Crippen molar-refractivity contribution in [2.45, 2.75) is 26.3 Å². The fourth-order valence-corrected chi connectivity index (χ4v) is 2.77. The number of hydrogen-bond donors (Lipinski definition) is 1. The Morgan fingerprint density at radius 2 is 2.20 bits per heavy atom. The molecule has 0 bridgehead atoms. The van der Waals surface area contributed by atoms with Gasteiger partial charge in [0.1, 0.15) is 5.75 Å². The first-order valence-electron chi connectivity index (χ1n) is 6.66. The molecule has 106 valence electrons. The lowest BCUT2D eigenvalue weighted by Crippen LogP contribution is -2.26. The van der Waals surface area contributed by atoms with Crippen LogP contribution in [0.3, 0.4) is 0 Å². The zero-order chi connectivity index (χ0) is 14.5. The van der Waals surface area contributed by atoms with Crippen LogP contribution in [0.2, 0.25) is 0 Å². The highest BCUT2D eigenvalue weighted by Crippen LogP contribution is 2.20. The molecule has 1 aromatic carbocycles. The average molecular weight is 289 g/mol. The molecule has 0 unspecified atom stereocenters. The van der Waals surface area contributed by atoms with Gasteiger partial charge in [0.15, 0.2) is 0 Å². The van der Waals surface area contributed by atoms with Crippen molar-refractivity contribution in [3.63, 3.8) is 0 Å². The van der Waals surface area contributed by atoms with Crippen LogP contribution in [0.25, 0.3) is 0 Å². The predicted octanol–water partition coefficient (Wildman–Crippen LogP) is 3.81. The fraction of sp³-hybridized carbons (Fsp3) is 0.312. The number of thiophene rings is 1. The molecule has 2 aromatic rings. The lowest BCUT2D eigenvalue weighted by Gasteiger charge is -2.14. The van der Waals surface area contributed by atoms with Gasteiger partial charge in [-0.15, -0.1) is 11.3 Å². The summed E-state index contributed by atoms with van der Waals surface area (Å²) in [5.74, 6) is 0.767. The summed E-state index contributed by atoms with van der Waals surface area (Å²) in [4.78, 5) is 13.4. The minimum Gasteiger partial charge on any atom is -0.497 e. The van der Waals surface area contributed by atoms with E-state index >= 15 is 0 Å². The summed E-state index contributed by atoms with van der Waals surface area (Å²) >= 11 is 1.63. The highest BCUT2D eigenvalue weighted by Gasteiger charge is 2.13. The van der Waals surface area contributed by atoms with Gasteiger partial charge < -0.3 is 10.1 Å². The molecule has 1 amide bonds. The van der Waals surface area contributed by atoms with Crippen molar-refractivity contribution >= 4 is 17.2 Å². The zero-order valence-electron chi connectivity index (χ0n) is 12.0. The molecule has 1 aromatic heterocycles. The number of carbonyl (C=O) groups excluding carboxylic acids is 1. The van der Waals surface area contributed by atoms with E-state index in [0.29, 0.717) is 0 Å². The molecule has 0 saturated heterocycles. The van der Waals surface area contributed by atoms with E-state index in [9.17, 15) is 4.79 Å². The van der Waals surface area contributed by atoms with E-state index in [-0.39, 0.29) is 11.9 Å². The van der Waals surface area contributed by atoms with Crippen LogP contribution in [0.4, 0.5) is 0 Å². The van der Waals surface area contributed by atoms with Crippen LogP contribution >= 0.6 is 11.3 Å². The number of benzene rings is 1. The first-order chi connectivity index (χ1) is 9.63. The summed E-state index contributed by atoms with van der Waals surface area (Å²) < 4.78 is 5.20. The van der Waals surface area contributed by atoms with Gasteiger partial charge in [0.25, 0.3) is 5.91 Å². The van der Waals surface area contributed by atoms with Gasteiger partial charge in [-0.05, 0) is 37.1 Å². The first kappa shape index (κ1) is 14.6. The SMILES string of the molecule is CCc1cc(C(=O)N[C@H](C)c2cccc(OC)c2)cs1. The normalized spacial score (nSPS) is 11.9. The van der Waals surface area contributed by atoms with Crippen LogP contribution in [0, 0.1) is 0 Å². The summed E-state index contributed by atoms with van der Waals surface area (Å²) in [5, 5.41) is 4.92. The van der Waals surface area contributed by atoms with Gasteiger partial charge in [-0.1, -0.05) is 19.1 Å². The average Bonchev–Trinajstić information content (AvgIpc) is 2.96. The Hall–Kier alpha value is -1.81. The molecule has 0 aliphatic carbocycles. The maximum atomic E-state index is 12.2. The molecule has 1 atom stereocenters. The Bertz CT molecular complexity index is 592. The van der Waals surface area contributed by atoms with E-state index in [4.69, 9.17) is 4.74 Å². The Morgan fingerprint density at radius 1 is 1.40 bits per heavy atom.